The number of nitrogens with zero attached hydrogens (tertiary/aromatic N) is 2. The molecule has 0 fully saturated rings. The fraction of sp³-hybridized carbons (Fsp3) is 0.333. The number of nitrogens with one attached hydrogen (secondary N) is 1. The highest BCUT2D eigenvalue weighted by Crippen LogP contribution is 2.28. The van der Waals surface area contributed by atoms with E-state index in [1.54, 1.807) is 49.4 Å². The Morgan fingerprint density at radius 1 is 1.02 bits per heavy atom. The summed E-state index contributed by atoms with van der Waals surface area (Å²) < 4.78 is 47.8. The van der Waals surface area contributed by atoms with Crippen LogP contribution >= 0.6 is 11.6 Å². The number of ether oxygens (including phenoxy) is 1. The molecular weight excluding hydrogens is 569 g/mol. The van der Waals surface area contributed by atoms with E-state index in [0.717, 1.165) is 16.4 Å². The normalized spacial score (nSPS) is 12.4. The highest BCUT2D eigenvalue weighted by Gasteiger charge is 2.34. The molecule has 0 spiro atoms. The maximum Gasteiger partial charge on any atom is 0.264 e. The fourth-order valence-electron chi connectivity index (χ4n) is 4.23. The van der Waals surface area contributed by atoms with E-state index in [1.807, 2.05) is 20.8 Å². The van der Waals surface area contributed by atoms with E-state index in [2.05, 4.69) is 5.32 Å². The molecule has 220 valence electrons. The van der Waals surface area contributed by atoms with Gasteiger partial charge < -0.3 is 15.0 Å². The molecule has 0 saturated carbocycles. The quantitative estimate of drug-likeness (QED) is 0.316. The topological polar surface area (TPSA) is 96.0 Å². The first-order chi connectivity index (χ1) is 19.3. The standard InChI is InChI=1S/C30H35ClFN3O5S/c1-6-27(29(37)33-30(2,3)4)34(19-21-11-10-12-23(17-21)40-5)28(36)20-35(22-15-16-26(32)25(31)18-22)41(38,39)24-13-8-7-9-14-24/h7-18,27H,6,19-20H2,1-5H3,(H,33,37)/t27-/m0/s1. The van der Waals surface area contributed by atoms with Gasteiger partial charge in [-0.2, -0.15) is 0 Å². The largest absolute Gasteiger partial charge is 0.497 e. The summed E-state index contributed by atoms with van der Waals surface area (Å²) in [6, 6.07) is 17.2. The van der Waals surface area contributed by atoms with Crippen LogP contribution < -0.4 is 14.4 Å². The second-order valence-corrected chi connectivity index (χ2v) is 12.7. The van der Waals surface area contributed by atoms with Gasteiger partial charge in [0.25, 0.3) is 10.0 Å². The van der Waals surface area contributed by atoms with Crippen molar-refractivity contribution >= 4 is 39.1 Å². The molecule has 0 aliphatic carbocycles. The predicted molar refractivity (Wildman–Crippen MR) is 158 cm³/mol. The summed E-state index contributed by atoms with van der Waals surface area (Å²) in [4.78, 5) is 28.8. The lowest BCUT2D eigenvalue weighted by molar-refractivity contribution is -0.141. The summed E-state index contributed by atoms with van der Waals surface area (Å²) in [5.41, 5.74) is 0.118. The number of carbonyl (C=O) groups is 2. The van der Waals surface area contributed by atoms with Crippen LogP contribution in [0.4, 0.5) is 10.1 Å². The summed E-state index contributed by atoms with van der Waals surface area (Å²) >= 11 is 6.01. The number of halogens is 2. The first-order valence-electron chi connectivity index (χ1n) is 13.0. The zero-order valence-corrected chi connectivity index (χ0v) is 25.3. The molecule has 0 saturated heterocycles. The number of benzene rings is 3. The van der Waals surface area contributed by atoms with Gasteiger partial charge in [-0.25, -0.2) is 12.8 Å². The van der Waals surface area contributed by atoms with E-state index in [0.29, 0.717) is 11.3 Å². The van der Waals surface area contributed by atoms with Crippen molar-refractivity contribution < 1.29 is 27.1 Å². The van der Waals surface area contributed by atoms with Gasteiger partial charge in [0.1, 0.15) is 24.2 Å². The zero-order chi connectivity index (χ0) is 30.4. The van der Waals surface area contributed by atoms with Crippen LogP contribution in [-0.2, 0) is 26.2 Å². The number of rotatable bonds is 11. The lowest BCUT2D eigenvalue weighted by atomic mass is 10.1. The van der Waals surface area contributed by atoms with Gasteiger partial charge in [0.05, 0.1) is 22.7 Å². The van der Waals surface area contributed by atoms with Gasteiger partial charge in [0, 0.05) is 12.1 Å². The SMILES string of the molecule is CC[C@@H](C(=O)NC(C)(C)C)N(Cc1cccc(OC)c1)C(=O)CN(c1ccc(F)c(Cl)c1)S(=O)(=O)c1ccccc1. The average Bonchev–Trinajstić information content (AvgIpc) is 2.92. The Morgan fingerprint density at radius 3 is 2.29 bits per heavy atom. The lowest BCUT2D eigenvalue weighted by Crippen LogP contribution is -2.55. The summed E-state index contributed by atoms with van der Waals surface area (Å²) in [7, 11) is -2.77. The molecule has 11 heteroatoms. The van der Waals surface area contributed by atoms with Crippen molar-refractivity contribution in [3.63, 3.8) is 0 Å². The third kappa shape index (κ3) is 8.20. The van der Waals surface area contributed by atoms with Crippen molar-refractivity contribution in [1.82, 2.24) is 10.2 Å². The minimum atomic E-state index is -4.29. The number of methoxy groups -OCH3 is 1. The summed E-state index contributed by atoms with van der Waals surface area (Å²) in [5, 5.41) is 2.62. The number of hydrogen-bond donors (Lipinski definition) is 1. The number of amides is 2. The highest BCUT2D eigenvalue weighted by molar-refractivity contribution is 7.92. The Morgan fingerprint density at radius 2 is 1.71 bits per heavy atom. The van der Waals surface area contributed by atoms with Crippen LogP contribution in [0.1, 0.15) is 39.7 Å². The van der Waals surface area contributed by atoms with E-state index >= 15 is 0 Å². The summed E-state index contributed by atoms with van der Waals surface area (Å²) in [6.45, 7) is 6.61. The number of carbonyl (C=O) groups excluding carboxylic acids is 2. The molecular formula is C30H35ClFN3O5S. The molecule has 3 rings (SSSR count). The molecule has 0 heterocycles. The van der Waals surface area contributed by atoms with Gasteiger partial charge in [-0.05, 0) is 75.2 Å². The van der Waals surface area contributed by atoms with E-state index in [4.69, 9.17) is 16.3 Å². The molecule has 3 aromatic rings. The molecule has 1 N–H and O–H groups in total. The molecule has 3 aromatic carbocycles. The van der Waals surface area contributed by atoms with Crippen LogP contribution in [0.3, 0.4) is 0 Å². The Kier molecular flexibility index (Phi) is 10.4. The highest BCUT2D eigenvalue weighted by atomic mass is 35.5. The maximum atomic E-state index is 14.1. The minimum absolute atomic E-state index is 0.00197. The fourth-order valence-corrected chi connectivity index (χ4v) is 5.83. The van der Waals surface area contributed by atoms with Crippen molar-refractivity contribution in [2.45, 2.75) is 57.1 Å². The number of sulfonamides is 1. The Balaban J connectivity index is 2.09. The van der Waals surface area contributed by atoms with Crippen LogP contribution in [0, 0.1) is 5.82 Å². The third-order valence-electron chi connectivity index (χ3n) is 6.17. The number of hydrogen-bond acceptors (Lipinski definition) is 5. The van der Waals surface area contributed by atoms with Crippen LogP contribution in [0.15, 0.2) is 77.7 Å². The predicted octanol–water partition coefficient (Wildman–Crippen LogP) is 5.41. The van der Waals surface area contributed by atoms with Gasteiger partial charge in [-0.1, -0.05) is 48.9 Å². The van der Waals surface area contributed by atoms with Gasteiger partial charge in [-0.15, -0.1) is 0 Å². The van der Waals surface area contributed by atoms with Crippen LogP contribution in [0.2, 0.25) is 5.02 Å². The molecule has 8 nitrogen and oxygen atoms in total. The van der Waals surface area contributed by atoms with Crippen LogP contribution in [0.25, 0.3) is 0 Å². The molecule has 0 aliphatic heterocycles. The Hall–Kier alpha value is -3.63. The lowest BCUT2D eigenvalue weighted by Gasteiger charge is -2.34. The molecule has 0 bridgehead atoms. The van der Waals surface area contributed by atoms with Crippen LogP contribution in [0.5, 0.6) is 5.75 Å². The molecule has 1 atom stereocenters. The van der Waals surface area contributed by atoms with Crippen molar-refractivity contribution in [2.75, 3.05) is 18.0 Å². The molecule has 41 heavy (non-hydrogen) atoms. The second kappa shape index (κ2) is 13.4. The molecule has 2 amide bonds. The average molecular weight is 604 g/mol. The van der Waals surface area contributed by atoms with Crippen molar-refractivity contribution in [2.24, 2.45) is 0 Å². The zero-order valence-electron chi connectivity index (χ0n) is 23.7. The molecule has 0 radical (unpaired) electrons. The Labute approximate surface area is 246 Å². The van der Waals surface area contributed by atoms with Gasteiger partial charge >= 0.3 is 0 Å². The van der Waals surface area contributed by atoms with Gasteiger partial charge in [-0.3, -0.25) is 13.9 Å². The first-order valence-corrected chi connectivity index (χ1v) is 14.9. The molecule has 0 unspecified atom stereocenters. The molecule has 0 aromatic heterocycles. The Bertz CT molecular complexity index is 1480. The van der Waals surface area contributed by atoms with Crippen molar-refractivity contribution in [3.8, 4) is 5.75 Å². The third-order valence-corrected chi connectivity index (χ3v) is 8.25. The van der Waals surface area contributed by atoms with Crippen LogP contribution in [-0.4, -0.2) is 50.4 Å². The first kappa shape index (κ1) is 31.9. The van der Waals surface area contributed by atoms with E-state index < -0.39 is 39.9 Å². The smallest absolute Gasteiger partial charge is 0.264 e. The molecule has 0 aliphatic rings. The number of anilines is 1. The van der Waals surface area contributed by atoms with E-state index in [9.17, 15) is 22.4 Å². The summed E-state index contributed by atoms with van der Waals surface area (Å²) in [5.74, 6) is -1.18. The van der Waals surface area contributed by atoms with Crippen molar-refractivity contribution in [3.05, 3.63) is 89.2 Å². The van der Waals surface area contributed by atoms with Gasteiger partial charge in [0.2, 0.25) is 11.8 Å². The second-order valence-electron chi connectivity index (χ2n) is 10.5. The van der Waals surface area contributed by atoms with Gasteiger partial charge in [0.15, 0.2) is 0 Å². The summed E-state index contributed by atoms with van der Waals surface area (Å²) in [6.07, 6.45) is 0.269. The van der Waals surface area contributed by atoms with Crippen molar-refractivity contribution in [1.29, 1.82) is 0 Å². The maximum absolute atomic E-state index is 14.1. The minimum Gasteiger partial charge on any atom is -0.497 e. The van der Waals surface area contributed by atoms with E-state index in [1.165, 1.54) is 30.2 Å². The monoisotopic (exact) mass is 603 g/mol. The van der Waals surface area contributed by atoms with E-state index in [-0.39, 0.29) is 34.5 Å².